The van der Waals surface area contributed by atoms with Crippen LogP contribution in [0.4, 0.5) is 17.1 Å². The van der Waals surface area contributed by atoms with Gasteiger partial charge in [-0.15, -0.1) is 0 Å². The van der Waals surface area contributed by atoms with E-state index in [9.17, 15) is 30.1 Å². The van der Waals surface area contributed by atoms with Gasteiger partial charge in [-0.05, 0) is 18.9 Å². The van der Waals surface area contributed by atoms with Gasteiger partial charge >= 0.3 is 5.97 Å². The quantitative estimate of drug-likeness (QED) is 0.667. The Bertz CT molecular complexity index is 618. The molecule has 2 rings (SSSR count). The predicted octanol–water partition coefficient (Wildman–Crippen LogP) is 2.34. The number of non-ortho nitro benzene ring substituents is 1. The maximum Gasteiger partial charge on any atom is 0.326 e. The van der Waals surface area contributed by atoms with E-state index in [2.05, 4.69) is 0 Å². The summed E-state index contributed by atoms with van der Waals surface area (Å²) in [5.74, 6) is -1.05. The third-order valence-electron chi connectivity index (χ3n) is 3.71. The Labute approximate surface area is 125 Å². The predicted molar refractivity (Wildman–Crippen MR) is 77.0 cm³/mol. The molecule has 1 aliphatic heterocycles. The molecule has 1 unspecified atom stereocenters. The number of carbonyl (C=O) groups is 1. The molecule has 22 heavy (non-hydrogen) atoms. The number of benzene rings is 1. The molecule has 9 nitrogen and oxygen atoms in total. The molecule has 1 aromatic carbocycles. The summed E-state index contributed by atoms with van der Waals surface area (Å²) in [6.45, 7) is 0.371. The Balaban J connectivity index is 2.50. The van der Waals surface area contributed by atoms with Crippen LogP contribution in [0.1, 0.15) is 25.7 Å². The summed E-state index contributed by atoms with van der Waals surface area (Å²) in [7, 11) is 0. The topological polar surface area (TPSA) is 127 Å². The van der Waals surface area contributed by atoms with Crippen LogP contribution in [0.2, 0.25) is 0 Å². The number of carboxylic acids is 1. The van der Waals surface area contributed by atoms with E-state index in [-0.39, 0.29) is 5.69 Å². The first-order valence-electron chi connectivity index (χ1n) is 6.84. The molecule has 118 valence electrons. The van der Waals surface area contributed by atoms with Crippen LogP contribution in [0.5, 0.6) is 0 Å². The van der Waals surface area contributed by atoms with E-state index in [1.165, 1.54) is 11.0 Å². The maximum absolute atomic E-state index is 11.4. The average molecular weight is 309 g/mol. The van der Waals surface area contributed by atoms with Crippen LogP contribution in [0.15, 0.2) is 18.2 Å². The highest BCUT2D eigenvalue weighted by molar-refractivity contribution is 5.80. The van der Waals surface area contributed by atoms with E-state index in [0.29, 0.717) is 13.0 Å². The fraction of sp³-hybridized carbons (Fsp3) is 0.462. The fourth-order valence-electron chi connectivity index (χ4n) is 2.67. The number of hydrogen-bond acceptors (Lipinski definition) is 6. The highest BCUT2D eigenvalue weighted by Gasteiger charge is 2.32. The van der Waals surface area contributed by atoms with Crippen LogP contribution < -0.4 is 4.90 Å². The molecule has 9 heteroatoms. The van der Waals surface area contributed by atoms with Crippen molar-refractivity contribution in [1.29, 1.82) is 0 Å². The minimum atomic E-state index is -1.05. The van der Waals surface area contributed by atoms with Crippen molar-refractivity contribution in [2.24, 2.45) is 0 Å². The van der Waals surface area contributed by atoms with E-state index >= 15 is 0 Å². The molecule has 1 heterocycles. The number of anilines is 1. The first-order valence-corrected chi connectivity index (χ1v) is 6.84. The van der Waals surface area contributed by atoms with Crippen molar-refractivity contribution in [3.8, 4) is 0 Å². The number of carboxylic acid groups (broad SMARTS) is 1. The normalized spacial score (nSPS) is 18.5. The van der Waals surface area contributed by atoms with Crippen molar-refractivity contribution in [3.05, 3.63) is 38.4 Å². The molecule has 1 fully saturated rings. The van der Waals surface area contributed by atoms with Gasteiger partial charge in [0.05, 0.1) is 15.9 Å². The molecule has 0 aromatic heterocycles. The van der Waals surface area contributed by atoms with E-state index in [0.717, 1.165) is 31.4 Å². The van der Waals surface area contributed by atoms with Crippen LogP contribution in [0, 0.1) is 20.2 Å². The van der Waals surface area contributed by atoms with Gasteiger partial charge in [0.1, 0.15) is 11.7 Å². The summed E-state index contributed by atoms with van der Waals surface area (Å²) in [5.41, 5.74) is -0.718. The molecule has 0 radical (unpaired) electrons. The summed E-state index contributed by atoms with van der Waals surface area (Å²) >= 11 is 0. The number of hydrogen-bond donors (Lipinski definition) is 1. The first-order chi connectivity index (χ1) is 10.4. The van der Waals surface area contributed by atoms with Crippen molar-refractivity contribution < 1.29 is 19.7 Å². The molecule has 0 aliphatic carbocycles. The summed E-state index contributed by atoms with van der Waals surface area (Å²) in [6.07, 6.45) is 2.69. The molecule has 1 saturated heterocycles. The Morgan fingerprint density at radius 3 is 2.50 bits per heavy atom. The fourth-order valence-corrected chi connectivity index (χ4v) is 2.67. The zero-order valence-corrected chi connectivity index (χ0v) is 11.7. The SMILES string of the molecule is O=C(O)C1CCCCCN1c1ccc([N+](=O)[O-])cc1[N+](=O)[O-]. The molecule has 0 spiro atoms. The van der Waals surface area contributed by atoms with Crippen LogP contribution in [0.25, 0.3) is 0 Å². The molecular weight excluding hydrogens is 294 g/mol. The Hall–Kier alpha value is -2.71. The van der Waals surface area contributed by atoms with Crippen molar-refractivity contribution in [2.75, 3.05) is 11.4 Å². The summed E-state index contributed by atoms with van der Waals surface area (Å²) in [5, 5.41) is 31.3. The lowest BCUT2D eigenvalue weighted by Gasteiger charge is -2.28. The lowest BCUT2D eigenvalue weighted by Crippen LogP contribution is -2.41. The van der Waals surface area contributed by atoms with Gasteiger partial charge in [-0.25, -0.2) is 4.79 Å². The molecule has 0 amide bonds. The van der Waals surface area contributed by atoms with Gasteiger partial charge < -0.3 is 10.0 Å². The highest BCUT2D eigenvalue weighted by Crippen LogP contribution is 2.35. The van der Waals surface area contributed by atoms with Crippen molar-refractivity contribution in [3.63, 3.8) is 0 Å². The minimum Gasteiger partial charge on any atom is -0.480 e. The molecule has 1 aliphatic rings. The number of aliphatic carboxylic acids is 1. The standard InChI is InChI=1S/C13H15N3O6/c17-13(18)11-4-2-1-3-7-14(11)10-6-5-9(15(19)20)8-12(10)16(21)22/h5-6,8,11H,1-4,7H2,(H,17,18). The van der Waals surface area contributed by atoms with Crippen LogP contribution in [-0.2, 0) is 4.79 Å². The van der Waals surface area contributed by atoms with Gasteiger partial charge in [-0.3, -0.25) is 20.2 Å². The Morgan fingerprint density at radius 1 is 1.18 bits per heavy atom. The van der Waals surface area contributed by atoms with Crippen LogP contribution in [-0.4, -0.2) is 33.5 Å². The van der Waals surface area contributed by atoms with Gasteiger partial charge in [0.15, 0.2) is 0 Å². The lowest BCUT2D eigenvalue weighted by atomic mass is 10.1. The van der Waals surface area contributed by atoms with Gasteiger partial charge in [0.25, 0.3) is 11.4 Å². The van der Waals surface area contributed by atoms with Gasteiger partial charge in [0, 0.05) is 12.6 Å². The molecule has 0 bridgehead atoms. The smallest absolute Gasteiger partial charge is 0.326 e. The minimum absolute atomic E-state index is 0.116. The molecule has 1 aromatic rings. The third kappa shape index (κ3) is 3.13. The van der Waals surface area contributed by atoms with Crippen molar-refractivity contribution in [1.82, 2.24) is 0 Å². The van der Waals surface area contributed by atoms with Crippen LogP contribution in [0.3, 0.4) is 0 Å². The molecular formula is C13H15N3O6. The second-order valence-electron chi connectivity index (χ2n) is 5.08. The zero-order chi connectivity index (χ0) is 16.3. The number of rotatable bonds is 4. The first kappa shape index (κ1) is 15.7. The van der Waals surface area contributed by atoms with Crippen molar-refractivity contribution in [2.45, 2.75) is 31.7 Å². The van der Waals surface area contributed by atoms with Gasteiger partial charge in [0.2, 0.25) is 0 Å². The summed E-state index contributed by atoms with van der Waals surface area (Å²) < 4.78 is 0. The highest BCUT2D eigenvalue weighted by atomic mass is 16.6. The van der Waals surface area contributed by atoms with Gasteiger partial charge in [-0.1, -0.05) is 12.8 Å². The van der Waals surface area contributed by atoms with E-state index in [1.54, 1.807) is 0 Å². The lowest BCUT2D eigenvalue weighted by molar-refractivity contribution is -0.393. The van der Waals surface area contributed by atoms with Gasteiger partial charge in [-0.2, -0.15) is 0 Å². The van der Waals surface area contributed by atoms with E-state index in [1.807, 2.05) is 0 Å². The van der Waals surface area contributed by atoms with E-state index in [4.69, 9.17) is 0 Å². The second-order valence-corrected chi connectivity index (χ2v) is 5.08. The Kier molecular flexibility index (Phi) is 4.54. The third-order valence-corrected chi connectivity index (χ3v) is 3.71. The average Bonchev–Trinajstić information content (AvgIpc) is 2.72. The molecule has 1 atom stereocenters. The number of nitrogens with zero attached hydrogens (tertiary/aromatic N) is 3. The monoisotopic (exact) mass is 309 g/mol. The van der Waals surface area contributed by atoms with Crippen molar-refractivity contribution >= 4 is 23.0 Å². The molecule has 1 N–H and O–H groups in total. The molecule has 0 saturated carbocycles. The Morgan fingerprint density at radius 2 is 1.91 bits per heavy atom. The largest absolute Gasteiger partial charge is 0.480 e. The second kappa shape index (κ2) is 6.37. The van der Waals surface area contributed by atoms with E-state index < -0.39 is 33.2 Å². The summed E-state index contributed by atoms with van der Waals surface area (Å²) in [4.78, 5) is 33.4. The summed E-state index contributed by atoms with van der Waals surface area (Å²) in [6, 6.07) is 2.44. The maximum atomic E-state index is 11.4. The van der Waals surface area contributed by atoms with Crippen LogP contribution >= 0.6 is 0 Å². The number of nitro benzene ring substituents is 2. The zero-order valence-electron chi connectivity index (χ0n) is 11.7. The number of nitro groups is 2.